The molecule has 2 atom stereocenters. The van der Waals surface area contributed by atoms with Crippen LogP contribution in [0.25, 0.3) is 0 Å². The molecule has 0 bridgehead atoms. The predicted octanol–water partition coefficient (Wildman–Crippen LogP) is 1.78. The highest BCUT2D eigenvalue weighted by Crippen LogP contribution is 2.49. The minimum Gasteiger partial charge on any atom is -0.391 e. The van der Waals surface area contributed by atoms with Gasteiger partial charge in [-0.05, 0) is 37.7 Å². The Kier molecular flexibility index (Phi) is 3.90. The number of carbonyl (C=O) groups excluding carboxylic acids is 1. The van der Waals surface area contributed by atoms with Gasteiger partial charge in [-0.25, -0.2) is 0 Å². The van der Waals surface area contributed by atoms with Crippen molar-refractivity contribution in [2.45, 2.75) is 49.7 Å². The molecule has 2 saturated carbocycles. The number of hydrogen-bond donors (Lipinski definition) is 1. The van der Waals surface area contributed by atoms with Gasteiger partial charge in [0.05, 0.1) is 11.5 Å². The van der Waals surface area contributed by atoms with Crippen molar-refractivity contribution in [3.8, 4) is 0 Å². The Morgan fingerprint density at radius 2 is 1.74 bits per heavy atom. The van der Waals surface area contributed by atoms with E-state index >= 15 is 0 Å². The predicted molar refractivity (Wildman–Crippen MR) is 89.2 cm³/mol. The molecular formula is C19H26N2O2. The first-order valence-electron chi connectivity index (χ1n) is 8.98. The maximum absolute atomic E-state index is 13.0. The highest BCUT2D eigenvalue weighted by atomic mass is 16.3. The molecular weight excluding hydrogens is 288 g/mol. The molecule has 1 aliphatic heterocycles. The lowest BCUT2D eigenvalue weighted by molar-refractivity contribution is -0.136. The fourth-order valence-electron chi connectivity index (χ4n) is 4.41. The van der Waals surface area contributed by atoms with Crippen molar-refractivity contribution < 1.29 is 9.90 Å². The highest BCUT2D eigenvalue weighted by molar-refractivity contribution is 5.91. The SMILES string of the molecule is O=C(N1CCN([C@H]2CCC[C@H]2O)CC1)C1(c2ccccc2)CC1. The molecule has 1 N–H and O–H groups in total. The van der Waals surface area contributed by atoms with Crippen LogP contribution >= 0.6 is 0 Å². The van der Waals surface area contributed by atoms with Crippen molar-refractivity contribution in [1.82, 2.24) is 9.80 Å². The van der Waals surface area contributed by atoms with Crippen molar-refractivity contribution in [1.29, 1.82) is 0 Å². The Bertz CT molecular complexity index is 562. The van der Waals surface area contributed by atoms with Crippen LogP contribution in [0.3, 0.4) is 0 Å². The van der Waals surface area contributed by atoms with E-state index in [-0.39, 0.29) is 11.5 Å². The lowest BCUT2D eigenvalue weighted by Gasteiger charge is -2.40. The molecule has 1 heterocycles. The van der Waals surface area contributed by atoms with Crippen molar-refractivity contribution in [2.75, 3.05) is 26.2 Å². The van der Waals surface area contributed by atoms with E-state index in [1.165, 1.54) is 5.56 Å². The molecule has 4 rings (SSSR count). The number of rotatable bonds is 3. The third kappa shape index (κ3) is 2.68. The summed E-state index contributed by atoms with van der Waals surface area (Å²) in [5.74, 6) is 0.315. The van der Waals surface area contributed by atoms with Gasteiger partial charge in [0.15, 0.2) is 0 Å². The van der Waals surface area contributed by atoms with Crippen LogP contribution in [0.4, 0.5) is 0 Å². The molecule has 4 nitrogen and oxygen atoms in total. The van der Waals surface area contributed by atoms with Crippen molar-refractivity contribution >= 4 is 5.91 Å². The molecule has 0 aromatic heterocycles. The van der Waals surface area contributed by atoms with E-state index < -0.39 is 0 Å². The Hall–Kier alpha value is -1.39. The van der Waals surface area contributed by atoms with Crippen molar-refractivity contribution in [2.24, 2.45) is 0 Å². The first-order valence-corrected chi connectivity index (χ1v) is 8.98. The van der Waals surface area contributed by atoms with Gasteiger partial charge in [0.1, 0.15) is 0 Å². The number of aliphatic hydroxyl groups excluding tert-OH is 1. The van der Waals surface area contributed by atoms with Gasteiger partial charge in [-0.15, -0.1) is 0 Å². The van der Waals surface area contributed by atoms with Gasteiger partial charge in [-0.3, -0.25) is 9.69 Å². The number of piperazine rings is 1. The molecule has 1 aromatic rings. The molecule has 4 heteroatoms. The van der Waals surface area contributed by atoms with Gasteiger partial charge in [0.2, 0.25) is 5.91 Å². The Morgan fingerprint density at radius 1 is 1.04 bits per heavy atom. The number of benzene rings is 1. The standard InChI is InChI=1S/C19H26N2O2/c22-17-8-4-7-16(17)20-11-13-21(14-12-20)18(23)19(9-10-19)15-5-2-1-3-6-15/h1-3,5-6,16-17,22H,4,7-14H2/t16-,17+/m0/s1. The van der Waals surface area contributed by atoms with Crippen molar-refractivity contribution in [3.63, 3.8) is 0 Å². The normalized spacial score (nSPS) is 30.4. The van der Waals surface area contributed by atoms with Crippen LogP contribution in [-0.4, -0.2) is 59.1 Å². The van der Waals surface area contributed by atoms with E-state index in [0.29, 0.717) is 11.9 Å². The Labute approximate surface area is 138 Å². The number of aliphatic hydroxyl groups is 1. The molecule has 3 aliphatic rings. The van der Waals surface area contributed by atoms with E-state index in [2.05, 4.69) is 21.9 Å². The molecule has 0 spiro atoms. The second-order valence-electron chi connectivity index (χ2n) is 7.34. The first kappa shape index (κ1) is 15.2. The van der Waals surface area contributed by atoms with E-state index in [1.54, 1.807) is 0 Å². The van der Waals surface area contributed by atoms with Crippen LogP contribution in [0.1, 0.15) is 37.7 Å². The highest BCUT2D eigenvalue weighted by Gasteiger charge is 2.53. The minimum absolute atomic E-state index is 0.170. The average Bonchev–Trinajstić information content (AvgIpc) is 3.31. The third-order valence-electron chi connectivity index (χ3n) is 6.00. The molecule has 0 radical (unpaired) electrons. The molecule has 1 saturated heterocycles. The van der Waals surface area contributed by atoms with E-state index in [0.717, 1.165) is 58.3 Å². The summed E-state index contributed by atoms with van der Waals surface area (Å²) in [7, 11) is 0. The Balaban J connectivity index is 1.40. The molecule has 1 aromatic carbocycles. The molecule has 23 heavy (non-hydrogen) atoms. The molecule has 3 fully saturated rings. The summed E-state index contributed by atoms with van der Waals surface area (Å²) in [5.41, 5.74) is 0.940. The van der Waals surface area contributed by atoms with Crippen LogP contribution in [0, 0.1) is 0 Å². The van der Waals surface area contributed by atoms with Gasteiger partial charge >= 0.3 is 0 Å². The van der Waals surface area contributed by atoms with Gasteiger partial charge < -0.3 is 10.0 Å². The number of nitrogens with zero attached hydrogens (tertiary/aromatic N) is 2. The van der Waals surface area contributed by atoms with E-state index in [9.17, 15) is 9.90 Å². The smallest absolute Gasteiger partial charge is 0.233 e. The summed E-state index contributed by atoms with van der Waals surface area (Å²) in [6, 6.07) is 10.6. The minimum atomic E-state index is -0.240. The summed E-state index contributed by atoms with van der Waals surface area (Å²) in [6.07, 6.45) is 4.96. The maximum Gasteiger partial charge on any atom is 0.233 e. The largest absolute Gasteiger partial charge is 0.391 e. The monoisotopic (exact) mass is 314 g/mol. The molecule has 124 valence electrons. The van der Waals surface area contributed by atoms with Gasteiger partial charge in [0.25, 0.3) is 0 Å². The number of carbonyl (C=O) groups is 1. The summed E-state index contributed by atoms with van der Waals surface area (Å²) in [6.45, 7) is 3.41. The van der Waals surface area contributed by atoms with Crippen LogP contribution < -0.4 is 0 Å². The maximum atomic E-state index is 13.0. The summed E-state index contributed by atoms with van der Waals surface area (Å²) in [4.78, 5) is 17.5. The average molecular weight is 314 g/mol. The fraction of sp³-hybridized carbons (Fsp3) is 0.632. The van der Waals surface area contributed by atoms with Gasteiger partial charge in [-0.2, -0.15) is 0 Å². The van der Waals surface area contributed by atoms with Crippen LogP contribution in [0.2, 0.25) is 0 Å². The van der Waals surface area contributed by atoms with E-state index in [4.69, 9.17) is 0 Å². The lowest BCUT2D eigenvalue weighted by atomic mass is 9.94. The van der Waals surface area contributed by atoms with Gasteiger partial charge in [-0.1, -0.05) is 30.3 Å². The number of amides is 1. The summed E-state index contributed by atoms with van der Waals surface area (Å²) < 4.78 is 0. The lowest BCUT2D eigenvalue weighted by Crippen LogP contribution is -2.55. The van der Waals surface area contributed by atoms with Crippen LogP contribution in [0.15, 0.2) is 30.3 Å². The molecule has 2 aliphatic carbocycles. The fourth-order valence-corrected chi connectivity index (χ4v) is 4.41. The zero-order valence-electron chi connectivity index (χ0n) is 13.7. The zero-order chi connectivity index (χ0) is 15.9. The van der Waals surface area contributed by atoms with E-state index in [1.807, 2.05) is 18.2 Å². The zero-order valence-corrected chi connectivity index (χ0v) is 13.7. The second-order valence-corrected chi connectivity index (χ2v) is 7.34. The number of hydrogen-bond acceptors (Lipinski definition) is 3. The second kappa shape index (κ2) is 5.91. The summed E-state index contributed by atoms with van der Waals surface area (Å²) in [5, 5.41) is 10.1. The first-order chi connectivity index (χ1) is 11.2. The van der Waals surface area contributed by atoms with Gasteiger partial charge in [0, 0.05) is 32.2 Å². The Morgan fingerprint density at radius 3 is 2.30 bits per heavy atom. The summed E-state index contributed by atoms with van der Waals surface area (Å²) >= 11 is 0. The van der Waals surface area contributed by atoms with Crippen molar-refractivity contribution in [3.05, 3.63) is 35.9 Å². The topological polar surface area (TPSA) is 43.8 Å². The van der Waals surface area contributed by atoms with Crippen LogP contribution in [0.5, 0.6) is 0 Å². The molecule has 1 amide bonds. The third-order valence-corrected chi connectivity index (χ3v) is 6.00. The van der Waals surface area contributed by atoms with Crippen LogP contribution in [-0.2, 0) is 10.2 Å². The molecule has 0 unspecified atom stereocenters. The quantitative estimate of drug-likeness (QED) is 0.925.